The minimum Gasteiger partial charge on any atom is -0.350 e. The minimum absolute atomic E-state index is 0.238. The lowest BCUT2D eigenvalue weighted by atomic mass is 10.0. The maximum Gasteiger partial charge on any atom is 0.278 e. The third-order valence-corrected chi connectivity index (χ3v) is 4.39. The first-order valence-electron chi connectivity index (χ1n) is 8.63. The number of hydrogen-bond donors (Lipinski definition) is 1. The molecule has 0 saturated carbocycles. The normalized spacial score (nSPS) is 14.4. The number of imide groups is 1. The van der Waals surface area contributed by atoms with E-state index in [0.29, 0.717) is 18.5 Å². The van der Waals surface area contributed by atoms with Crippen LogP contribution in [0.25, 0.3) is 5.57 Å². The summed E-state index contributed by atoms with van der Waals surface area (Å²) < 4.78 is 13.3. The van der Waals surface area contributed by atoms with Crippen LogP contribution in [-0.2, 0) is 9.59 Å². The van der Waals surface area contributed by atoms with Crippen molar-refractivity contribution in [3.63, 3.8) is 0 Å². The molecule has 0 unspecified atom stereocenters. The fourth-order valence-electron chi connectivity index (χ4n) is 3.09. The van der Waals surface area contributed by atoms with E-state index in [0.717, 1.165) is 16.8 Å². The molecule has 0 aromatic heterocycles. The van der Waals surface area contributed by atoms with Crippen LogP contribution in [-0.4, -0.2) is 23.3 Å². The molecule has 4 nitrogen and oxygen atoms in total. The highest BCUT2D eigenvalue weighted by Gasteiger charge is 2.38. The first-order valence-corrected chi connectivity index (χ1v) is 8.63. The van der Waals surface area contributed by atoms with E-state index in [1.165, 1.54) is 29.2 Å². The Morgan fingerprint density at radius 1 is 1.00 bits per heavy atom. The molecule has 0 bridgehead atoms. The third kappa shape index (κ3) is 3.25. The summed E-state index contributed by atoms with van der Waals surface area (Å²) in [7, 11) is 0. The largest absolute Gasteiger partial charge is 0.350 e. The van der Waals surface area contributed by atoms with Crippen LogP contribution >= 0.6 is 0 Å². The summed E-state index contributed by atoms with van der Waals surface area (Å²) in [5.41, 5.74) is 3.90. The SMILES string of the molecule is CCCN1C(=O)C(Nc2ccc(C)cc2C)=C(c2ccc(F)cc2)C1=O. The Morgan fingerprint density at radius 2 is 1.69 bits per heavy atom. The zero-order valence-corrected chi connectivity index (χ0v) is 15.1. The average Bonchev–Trinajstić information content (AvgIpc) is 2.83. The van der Waals surface area contributed by atoms with Crippen LogP contribution in [0.3, 0.4) is 0 Å². The van der Waals surface area contributed by atoms with E-state index < -0.39 is 0 Å². The number of nitrogens with zero attached hydrogens (tertiary/aromatic N) is 1. The number of carbonyl (C=O) groups excluding carboxylic acids is 2. The Kier molecular flexibility index (Phi) is 4.89. The van der Waals surface area contributed by atoms with Crippen LogP contribution in [0.2, 0.25) is 0 Å². The molecule has 5 heteroatoms. The Hall–Kier alpha value is -2.95. The second-order valence-electron chi connectivity index (χ2n) is 6.46. The fraction of sp³-hybridized carbons (Fsp3) is 0.238. The van der Waals surface area contributed by atoms with Crippen molar-refractivity contribution in [2.24, 2.45) is 0 Å². The molecule has 0 fully saturated rings. The van der Waals surface area contributed by atoms with E-state index in [1.54, 1.807) is 0 Å². The second-order valence-corrected chi connectivity index (χ2v) is 6.46. The molecule has 0 radical (unpaired) electrons. The van der Waals surface area contributed by atoms with Crippen molar-refractivity contribution in [1.29, 1.82) is 0 Å². The van der Waals surface area contributed by atoms with Crippen molar-refractivity contribution in [2.45, 2.75) is 27.2 Å². The predicted octanol–water partition coefficient (Wildman–Crippen LogP) is 4.04. The van der Waals surface area contributed by atoms with Crippen molar-refractivity contribution in [2.75, 3.05) is 11.9 Å². The van der Waals surface area contributed by atoms with Gasteiger partial charge in [0.05, 0.1) is 5.57 Å². The number of anilines is 1. The zero-order chi connectivity index (χ0) is 18.8. The lowest BCUT2D eigenvalue weighted by Crippen LogP contribution is -2.33. The standard InChI is InChI=1S/C21H21FN2O2/c1-4-11-24-20(25)18(15-6-8-16(22)9-7-15)19(21(24)26)23-17-10-5-13(2)12-14(17)3/h5-10,12,23H,4,11H2,1-3H3. The number of amides is 2. The minimum atomic E-state index is -0.388. The molecular formula is C21H21FN2O2. The summed E-state index contributed by atoms with van der Waals surface area (Å²) in [6.45, 7) is 6.19. The van der Waals surface area contributed by atoms with Gasteiger partial charge < -0.3 is 5.32 Å². The molecule has 0 saturated heterocycles. The Balaban J connectivity index is 2.09. The lowest BCUT2D eigenvalue weighted by molar-refractivity contribution is -0.136. The number of halogens is 1. The lowest BCUT2D eigenvalue weighted by Gasteiger charge is -2.14. The smallest absolute Gasteiger partial charge is 0.278 e. The highest BCUT2D eigenvalue weighted by atomic mass is 19.1. The summed E-state index contributed by atoms with van der Waals surface area (Å²) >= 11 is 0. The van der Waals surface area contributed by atoms with Gasteiger partial charge in [-0.2, -0.15) is 0 Å². The molecule has 3 rings (SSSR count). The monoisotopic (exact) mass is 352 g/mol. The number of carbonyl (C=O) groups is 2. The summed E-state index contributed by atoms with van der Waals surface area (Å²) in [4.78, 5) is 26.9. The Labute approximate surface area is 152 Å². The van der Waals surface area contributed by atoms with Crippen molar-refractivity contribution >= 4 is 23.1 Å². The van der Waals surface area contributed by atoms with Gasteiger partial charge >= 0.3 is 0 Å². The number of rotatable bonds is 5. The number of benzene rings is 2. The van der Waals surface area contributed by atoms with Crippen LogP contribution in [0.5, 0.6) is 0 Å². The first-order chi connectivity index (χ1) is 12.4. The first kappa shape index (κ1) is 17.9. The molecule has 1 aliphatic heterocycles. The molecule has 0 spiro atoms. The van der Waals surface area contributed by atoms with Crippen LogP contribution < -0.4 is 5.32 Å². The third-order valence-electron chi connectivity index (χ3n) is 4.39. The molecule has 2 aromatic rings. The van der Waals surface area contributed by atoms with E-state index in [-0.39, 0.29) is 28.9 Å². The van der Waals surface area contributed by atoms with Crippen LogP contribution in [0.15, 0.2) is 48.2 Å². The molecule has 1 N–H and O–H groups in total. The second kappa shape index (κ2) is 7.12. The highest BCUT2D eigenvalue weighted by molar-refractivity contribution is 6.36. The van der Waals surface area contributed by atoms with Crippen molar-refractivity contribution < 1.29 is 14.0 Å². The summed E-state index contributed by atoms with van der Waals surface area (Å²) in [6, 6.07) is 11.5. The van der Waals surface area contributed by atoms with Gasteiger partial charge in [-0.25, -0.2) is 4.39 Å². The van der Waals surface area contributed by atoms with E-state index >= 15 is 0 Å². The number of hydrogen-bond acceptors (Lipinski definition) is 3. The maximum atomic E-state index is 13.3. The van der Waals surface area contributed by atoms with Gasteiger partial charge in [-0.3, -0.25) is 14.5 Å². The van der Waals surface area contributed by atoms with Gasteiger partial charge in [0, 0.05) is 12.2 Å². The number of aryl methyl sites for hydroxylation is 2. The van der Waals surface area contributed by atoms with Gasteiger partial charge in [-0.15, -0.1) is 0 Å². The van der Waals surface area contributed by atoms with E-state index in [2.05, 4.69) is 5.32 Å². The van der Waals surface area contributed by atoms with Gasteiger partial charge in [-0.1, -0.05) is 36.8 Å². The van der Waals surface area contributed by atoms with Gasteiger partial charge in [0.15, 0.2) is 0 Å². The molecule has 134 valence electrons. The van der Waals surface area contributed by atoms with Crippen LogP contribution in [0.4, 0.5) is 10.1 Å². The molecule has 1 heterocycles. The van der Waals surface area contributed by atoms with Crippen LogP contribution in [0, 0.1) is 19.7 Å². The predicted molar refractivity (Wildman–Crippen MR) is 99.9 cm³/mol. The zero-order valence-electron chi connectivity index (χ0n) is 15.1. The van der Waals surface area contributed by atoms with Gasteiger partial charge in [0.25, 0.3) is 11.8 Å². The van der Waals surface area contributed by atoms with E-state index in [4.69, 9.17) is 0 Å². The summed E-state index contributed by atoms with van der Waals surface area (Å²) in [5, 5.41) is 3.14. The Bertz CT molecular complexity index is 901. The van der Waals surface area contributed by atoms with E-state index in [9.17, 15) is 14.0 Å². The molecule has 0 atom stereocenters. The quantitative estimate of drug-likeness (QED) is 0.826. The average molecular weight is 352 g/mol. The van der Waals surface area contributed by atoms with E-state index in [1.807, 2.05) is 39.0 Å². The molecule has 1 aliphatic rings. The fourth-order valence-corrected chi connectivity index (χ4v) is 3.09. The summed E-state index contributed by atoms with van der Waals surface area (Å²) in [6.07, 6.45) is 0.672. The summed E-state index contributed by atoms with van der Waals surface area (Å²) in [5.74, 6) is -1.09. The van der Waals surface area contributed by atoms with Crippen LogP contribution in [0.1, 0.15) is 30.0 Å². The Morgan fingerprint density at radius 3 is 2.31 bits per heavy atom. The van der Waals surface area contributed by atoms with Crippen molar-refractivity contribution in [1.82, 2.24) is 4.90 Å². The van der Waals surface area contributed by atoms with Crippen molar-refractivity contribution in [3.05, 3.63) is 70.7 Å². The molecule has 0 aliphatic carbocycles. The molecule has 2 aromatic carbocycles. The number of nitrogens with one attached hydrogen (secondary N) is 1. The maximum absolute atomic E-state index is 13.3. The van der Waals surface area contributed by atoms with Gasteiger partial charge in [0.1, 0.15) is 11.5 Å². The molecular weight excluding hydrogens is 331 g/mol. The van der Waals surface area contributed by atoms with Crippen molar-refractivity contribution in [3.8, 4) is 0 Å². The molecule has 2 amide bonds. The molecule has 26 heavy (non-hydrogen) atoms. The van der Waals surface area contributed by atoms with Gasteiger partial charge in [-0.05, 0) is 49.6 Å². The van der Waals surface area contributed by atoms with Gasteiger partial charge in [0.2, 0.25) is 0 Å². The highest BCUT2D eigenvalue weighted by Crippen LogP contribution is 2.31. The topological polar surface area (TPSA) is 49.4 Å².